The molecule has 4 nitrogen and oxygen atoms in total. The van der Waals surface area contributed by atoms with Gasteiger partial charge in [-0.15, -0.1) is 0 Å². The molecule has 1 heterocycles. The van der Waals surface area contributed by atoms with Gasteiger partial charge in [0.25, 0.3) is 0 Å². The van der Waals surface area contributed by atoms with Crippen molar-refractivity contribution in [1.29, 1.82) is 5.26 Å². The number of benzene rings is 1. The van der Waals surface area contributed by atoms with Crippen LogP contribution >= 0.6 is 0 Å². The van der Waals surface area contributed by atoms with Gasteiger partial charge in [-0.1, -0.05) is 6.07 Å². The number of oxazole rings is 1. The molecule has 1 aromatic heterocycles. The zero-order valence-electron chi connectivity index (χ0n) is 8.36. The second-order valence-electron chi connectivity index (χ2n) is 3.39. The van der Waals surface area contributed by atoms with E-state index in [1.54, 1.807) is 13.1 Å². The van der Waals surface area contributed by atoms with Crippen molar-refractivity contribution in [3.8, 4) is 6.07 Å². The maximum absolute atomic E-state index is 11.2. The molecule has 0 aliphatic heterocycles. The number of rotatable bonds is 2. The Hall–Kier alpha value is -2.02. The Morgan fingerprint density at radius 2 is 2.33 bits per heavy atom. The van der Waals surface area contributed by atoms with E-state index in [9.17, 15) is 4.79 Å². The monoisotopic (exact) mass is 202 g/mol. The van der Waals surface area contributed by atoms with Crippen LogP contribution in [0.4, 0.5) is 0 Å². The Labute approximate surface area is 86.4 Å². The lowest BCUT2D eigenvalue weighted by molar-refractivity contribution is 0.528. The third-order valence-corrected chi connectivity index (χ3v) is 2.38. The third kappa shape index (κ3) is 1.64. The van der Waals surface area contributed by atoms with E-state index in [-0.39, 0.29) is 5.76 Å². The molecular weight excluding hydrogens is 192 g/mol. The van der Waals surface area contributed by atoms with Gasteiger partial charge in [0.05, 0.1) is 11.6 Å². The quantitative estimate of drug-likeness (QED) is 0.742. The second kappa shape index (κ2) is 3.62. The summed E-state index contributed by atoms with van der Waals surface area (Å²) in [7, 11) is 1.67. The number of fused-ring (bicyclic) bond motifs is 1. The van der Waals surface area contributed by atoms with Crippen molar-refractivity contribution >= 4 is 11.1 Å². The summed E-state index contributed by atoms with van der Waals surface area (Å²) in [5, 5.41) is 8.48. The Bertz CT molecular complexity index is 587. The smallest absolute Gasteiger partial charge is 0.408 e. The molecule has 0 unspecified atom stereocenters. The molecule has 76 valence electrons. The van der Waals surface area contributed by atoms with Crippen LogP contribution in [0.1, 0.15) is 12.0 Å². The summed E-state index contributed by atoms with van der Waals surface area (Å²) in [6.45, 7) is 0. The minimum atomic E-state index is -0.359. The van der Waals surface area contributed by atoms with E-state index in [2.05, 4.69) is 6.07 Å². The van der Waals surface area contributed by atoms with Gasteiger partial charge >= 0.3 is 5.76 Å². The average Bonchev–Trinajstić information content (AvgIpc) is 2.52. The second-order valence-corrected chi connectivity index (χ2v) is 3.39. The number of aryl methyl sites for hydroxylation is 2. The highest BCUT2D eigenvalue weighted by atomic mass is 16.4. The fraction of sp³-hybridized carbons (Fsp3) is 0.273. The van der Waals surface area contributed by atoms with Crippen molar-refractivity contribution in [3.63, 3.8) is 0 Å². The topological polar surface area (TPSA) is 58.9 Å². The maximum atomic E-state index is 11.2. The van der Waals surface area contributed by atoms with Crippen LogP contribution in [0.5, 0.6) is 0 Å². The summed E-state index contributed by atoms with van der Waals surface area (Å²) in [4.78, 5) is 11.2. The lowest BCUT2D eigenvalue weighted by Crippen LogP contribution is -2.08. The van der Waals surface area contributed by atoms with E-state index >= 15 is 0 Å². The zero-order chi connectivity index (χ0) is 10.8. The predicted molar refractivity (Wildman–Crippen MR) is 55.4 cm³/mol. The summed E-state index contributed by atoms with van der Waals surface area (Å²) >= 11 is 0. The number of aromatic nitrogens is 1. The lowest BCUT2D eigenvalue weighted by atomic mass is 10.1. The lowest BCUT2D eigenvalue weighted by Gasteiger charge is -1.97. The highest BCUT2D eigenvalue weighted by molar-refractivity contribution is 5.73. The first kappa shape index (κ1) is 9.53. The van der Waals surface area contributed by atoms with E-state index in [0.717, 1.165) is 11.1 Å². The first-order valence-corrected chi connectivity index (χ1v) is 4.68. The van der Waals surface area contributed by atoms with E-state index < -0.39 is 0 Å². The van der Waals surface area contributed by atoms with Crippen molar-refractivity contribution < 1.29 is 4.42 Å². The zero-order valence-corrected chi connectivity index (χ0v) is 8.36. The summed E-state index contributed by atoms with van der Waals surface area (Å²) < 4.78 is 6.46. The van der Waals surface area contributed by atoms with Crippen LogP contribution in [0.2, 0.25) is 0 Å². The summed E-state index contributed by atoms with van der Waals surface area (Å²) in [5.41, 5.74) is 2.40. The Kier molecular flexibility index (Phi) is 2.30. The molecule has 2 aromatic rings. The Morgan fingerprint density at radius 3 is 3.07 bits per heavy atom. The molecule has 0 aliphatic rings. The van der Waals surface area contributed by atoms with Gasteiger partial charge in [-0.05, 0) is 24.1 Å². The van der Waals surface area contributed by atoms with E-state index in [1.165, 1.54) is 4.57 Å². The van der Waals surface area contributed by atoms with Gasteiger partial charge in [0.15, 0.2) is 5.58 Å². The van der Waals surface area contributed by atoms with E-state index in [4.69, 9.17) is 9.68 Å². The average molecular weight is 202 g/mol. The molecule has 0 spiro atoms. The molecule has 15 heavy (non-hydrogen) atoms. The number of hydrogen-bond acceptors (Lipinski definition) is 3. The van der Waals surface area contributed by atoms with Crippen LogP contribution in [0.15, 0.2) is 27.4 Å². The largest absolute Gasteiger partial charge is 0.419 e. The van der Waals surface area contributed by atoms with Crippen LogP contribution in [0, 0.1) is 11.3 Å². The number of hydrogen-bond donors (Lipinski definition) is 0. The predicted octanol–water partition coefficient (Wildman–Crippen LogP) is 1.59. The molecule has 0 atom stereocenters. The van der Waals surface area contributed by atoms with Gasteiger partial charge in [-0.3, -0.25) is 4.57 Å². The van der Waals surface area contributed by atoms with Gasteiger partial charge in [0, 0.05) is 13.5 Å². The van der Waals surface area contributed by atoms with Crippen LogP contribution in [0.25, 0.3) is 11.1 Å². The van der Waals surface area contributed by atoms with Gasteiger partial charge in [0.1, 0.15) is 0 Å². The van der Waals surface area contributed by atoms with Crippen LogP contribution < -0.4 is 5.76 Å². The van der Waals surface area contributed by atoms with Crippen molar-refractivity contribution in [3.05, 3.63) is 34.3 Å². The maximum Gasteiger partial charge on any atom is 0.419 e. The molecule has 0 radical (unpaired) electrons. The number of nitriles is 1. The molecular formula is C11H10N2O2. The molecule has 0 saturated heterocycles. The molecule has 0 bridgehead atoms. The highest BCUT2D eigenvalue weighted by Crippen LogP contribution is 2.15. The van der Waals surface area contributed by atoms with Crippen LogP contribution in [-0.2, 0) is 13.5 Å². The van der Waals surface area contributed by atoms with Crippen molar-refractivity contribution in [1.82, 2.24) is 4.57 Å². The summed E-state index contributed by atoms with van der Waals surface area (Å²) in [6.07, 6.45) is 1.18. The van der Waals surface area contributed by atoms with Gasteiger partial charge in [-0.2, -0.15) is 5.26 Å². The fourth-order valence-electron chi connectivity index (χ4n) is 1.53. The Morgan fingerprint density at radius 1 is 1.53 bits per heavy atom. The van der Waals surface area contributed by atoms with Gasteiger partial charge in [0.2, 0.25) is 0 Å². The molecule has 1 aromatic carbocycles. The van der Waals surface area contributed by atoms with E-state index in [1.807, 2.05) is 12.1 Å². The standard InChI is InChI=1S/C11H10N2O2/c1-13-9-7-8(3-2-6-12)4-5-10(9)15-11(13)14/h4-5,7H,2-3H2,1H3. The minimum absolute atomic E-state index is 0.359. The molecule has 0 saturated carbocycles. The van der Waals surface area contributed by atoms with Gasteiger partial charge < -0.3 is 4.42 Å². The third-order valence-electron chi connectivity index (χ3n) is 2.38. The molecule has 0 N–H and O–H groups in total. The summed E-state index contributed by atoms with van der Waals surface area (Å²) in [6, 6.07) is 7.62. The fourth-order valence-corrected chi connectivity index (χ4v) is 1.53. The SMILES string of the molecule is Cn1c(=O)oc2ccc(CCC#N)cc21. The normalized spacial score (nSPS) is 10.4. The minimum Gasteiger partial charge on any atom is -0.408 e. The molecule has 0 aliphatic carbocycles. The van der Waals surface area contributed by atoms with Crippen LogP contribution in [0.3, 0.4) is 0 Å². The van der Waals surface area contributed by atoms with E-state index in [0.29, 0.717) is 18.4 Å². The first-order chi connectivity index (χ1) is 7.22. The van der Waals surface area contributed by atoms with Crippen molar-refractivity contribution in [2.45, 2.75) is 12.8 Å². The van der Waals surface area contributed by atoms with Gasteiger partial charge in [-0.25, -0.2) is 4.79 Å². The number of nitrogens with zero attached hydrogens (tertiary/aromatic N) is 2. The van der Waals surface area contributed by atoms with Crippen LogP contribution in [-0.4, -0.2) is 4.57 Å². The summed E-state index contributed by atoms with van der Waals surface area (Å²) in [5.74, 6) is -0.359. The Balaban J connectivity index is 2.51. The molecule has 4 heteroatoms. The molecule has 0 fully saturated rings. The molecule has 2 rings (SSSR count). The first-order valence-electron chi connectivity index (χ1n) is 4.68. The molecule has 0 amide bonds. The van der Waals surface area contributed by atoms with Crippen molar-refractivity contribution in [2.24, 2.45) is 7.05 Å². The highest BCUT2D eigenvalue weighted by Gasteiger charge is 2.05. The van der Waals surface area contributed by atoms with Crippen molar-refractivity contribution in [2.75, 3.05) is 0 Å².